The van der Waals surface area contributed by atoms with Crippen LogP contribution in [0.25, 0.3) is 10.9 Å². The summed E-state index contributed by atoms with van der Waals surface area (Å²) < 4.78 is 0. The molecule has 0 unspecified atom stereocenters. The summed E-state index contributed by atoms with van der Waals surface area (Å²) in [6, 6.07) is 29.7. The van der Waals surface area contributed by atoms with Crippen LogP contribution in [0.2, 0.25) is 0 Å². The van der Waals surface area contributed by atoms with Gasteiger partial charge in [-0.05, 0) is 42.0 Å². The lowest BCUT2D eigenvalue weighted by Crippen LogP contribution is -2.54. The zero-order valence-corrected chi connectivity index (χ0v) is 18.8. The summed E-state index contributed by atoms with van der Waals surface area (Å²) in [7, 11) is 0. The highest BCUT2D eigenvalue weighted by Crippen LogP contribution is 2.41. The zero-order chi connectivity index (χ0) is 22.2. The summed E-state index contributed by atoms with van der Waals surface area (Å²) in [5, 5.41) is 1.32. The molecule has 4 aromatic rings. The van der Waals surface area contributed by atoms with Gasteiger partial charge in [-0.25, -0.2) is 0 Å². The largest absolute Gasteiger partial charge is 0.356 e. The van der Waals surface area contributed by atoms with Gasteiger partial charge in [0.1, 0.15) is 0 Å². The Balaban J connectivity index is 1.29. The van der Waals surface area contributed by atoms with Crippen LogP contribution in [-0.4, -0.2) is 33.3 Å². The first-order chi connectivity index (χ1) is 16.3. The Kier molecular flexibility index (Phi) is 5.23. The maximum atomic E-state index is 13.9. The Morgan fingerprint density at radius 3 is 2.15 bits per heavy atom. The number of fused-ring (bicyclic) bond motifs is 5. The van der Waals surface area contributed by atoms with E-state index in [-0.39, 0.29) is 18.0 Å². The van der Waals surface area contributed by atoms with Crippen molar-refractivity contribution in [3.63, 3.8) is 0 Å². The number of carbonyl (C=O) groups is 1. The molecule has 33 heavy (non-hydrogen) atoms. The highest BCUT2D eigenvalue weighted by Gasteiger charge is 2.42. The fraction of sp³-hybridized carbons (Fsp3) is 0.276. The SMILES string of the molecule is O=C1[C@@H](N(Cc2ccccc2)Cc2ccccc2)CC[C@H]2c3[nH]c4ccccc4c3CCN12. The quantitative estimate of drug-likeness (QED) is 0.452. The standard InChI is InChI=1S/C29H29N3O/c33-29-27(31(19-21-9-3-1-4-10-21)20-22-11-5-2-6-12-22)16-15-26-28-24(17-18-32(26)29)23-13-7-8-14-25(23)30-28/h1-14,26-27,30H,15-20H2/t26-,27-/m0/s1. The van der Waals surface area contributed by atoms with Crippen LogP contribution in [0.15, 0.2) is 84.9 Å². The number of hydrogen-bond acceptors (Lipinski definition) is 2. The molecule has 6 rings (SSSR count). The molecule has 4 heteroatoms. The number of hydrogen-bond donors (Lipinski definition) is 1. The normalized spacial score (nSPS) is 20.2. The summed E-state index contributed by atoms with van der Waals surface area (Å²) in [6.45, 7) is 2.37. The lowest BCUT2D eigenvalue weighted by molar-refractivity contribution is -0.145. The summed E-state index contributed by atoms with van der Waals surface area (Å²) in [5.41, 5.74) is 6.35. The van der Waals surface area contributed by atoms with Crippen molar-refractivity contribution in [2.24, 2.45) is 0 Å². The number of H-pyrrole nitrogens is 1. The van der Waals surface area contributed by atoms with E-state index in [9.17, 15) is 4.79 Å². The highest BCUT2D eigenvalue weighted by atomic mass is 16.2. The van der Waals surface area contributed by atoms with Gasteiger partial charge in [0.15, 0.2) is 0 Å². The zero-order valence-electron chi connectivity index (χ0n) is 18.8. The molecule has 0 radical (unpaired) electrons. The highest BCUT2D eigenvalue weighted by molar-refractivity contribution is 5.87. The van der Waals surface area contributed by atoms with E-state index in [2.05, 4.69) is 87.6 Å². The second-order valence-electron chi connectivity index (χ2n) is 9.33. The van der Waals surface area contributed by atoms with E-state index >= 15 is 0 Å². The number of nitrogens with zero attached hydrogens (tertiary/aromatic N) is 2. The minimum Gasteiger partial charge on any atom is -0.356 e. The topological polar surface area (TPSA) is 39.3 Å². The molecule has 1 aromatic heterocycles. The smallest absolute Gasteiger partial charge is 0.240 e. The maximum Gasteiger partial charge on any atom is 0.240 e. The molecule has 3 heterocycles. The van der Waals surface area contributed by atoms with Crippen molar-refractivity contribution < 1.29 is 4.79 Å². The maximum absolute atomic E-state index is 13.9. The second-order valence-corrected chi connectivity index (χ2v) is 9.33. The van der Waals surface area contributed by atoms with Gasteiger partial charge < -0.3 is 9.88 Å². The third kappa shape index (κ3) is 3.75. The molecule has 3 aromatic carbocycles. The Bertz CT molecular complexity index is 1220. The molecule has 0 aliphatic carbocycles. The summed E-state index contributed by atoms with van der Waals surface area (Å²) >= 11 is 0. The first-order valence-corrected chi connectivity index (χ1v) is 12.0. The molecule has 2 atom stereocenters. The summed E-state index contributed by atoms with van der Waals surface area (Å²) in [6.07, 6.45) is 2.80. The molecule has 0 bridgehead atoms. The fourth-order valence-electron chi connectivity index (χ4n) is 5.76. The minimum atomic E-state index is -0.0902. The summed E-state index contributed by atoms with van der Waals surface area (Å²) in [4.78, 5) is 22.1. The number of carbonyl (C=O) groups excluding carboxylic acids is 1. The van der Waals surface area contributed by atoms with E-state index in [1.54, 1.807) is 0 Å². The Morgan fingerprint density at radius 1 is 0.818 bits per heavy atom. The second kappa shape index (κ2) is 8.53. The average Bonchev–Trinajstić information content (AvgIpc) is 3.24. The molecule has 0 spiro atoms. The summed E-state index contributed by atoms with van der Waals surface area (Å²) in [5.74, 6) is 0.280. The average molecular weight is 436 g/mol. The number of benzene rings is 3. The van der Waals surface area contributed by atoms with Gasteiger partial charge >= 0.3 is 0 Å². The third-order valence-corrected chi connectivity index (χ3v) is 7.34. The van der Waals surface area contributed by atoms with Gasteiger partial charge in [0.05, 0.1) is 12.1 Å². The number of amides is 1. The van der Waals surface area contributed by atoms with Gasteiger partial charge in [0, 0.05) is 36.2 Å². The number of nitrogens with one attached hydrogen (secondary N) is 1. The van der Waals surface area contributed by atoms with Gasteiger partial charge in [0.25, 0.3) is 0 Å². The first kappa shape index (κ1) is 20.3. The van der Waals surface area contributed by atoms with E-state index in [4.69, 9.17) is 0 Å². The van der Waals surface area contributed by atoms with Crippen LogP contribution in [0, 0.1) is 0 Å². The van der Waals surface area contributed by atoms with E-state index < -0.39 is 0 Å². The molecule has 1 N–H and O–H groups in total. The molecule has 1 amide bonds. The van der Waals surface area contributed by atoms with E-state index in [0.29, 0.717) is 0 Å². The number of para-hydroxylation sites is 1. The van der Waals surface area contributed by atoms with Crippen molar-refractivity contribution in [1.82, 2.24) is 14.8 Å². The lowest BCUT2D eigenvalue weighted by atomic mass is 9.88. The predicted molar refractivity (Wildman–Crippen MR) is 132 cm³/mol. The number of rotatable bonds is 5. The van der Waals surface area contributed by atoms with Gasteiger partial charge in [-0.3, -0.25) is 9.69 Å². The number of aromatic nitrogens is 1. The number of aromatic amines is 1. The van der Waals surface area contributed by atoms with Gasteiger partial charge in [-0.2, -0.15) is 0 Å². The lowest BCUT2D eigenvalue weighted by Gasteiger charge is -2.45. The van der Waals surface area contributed by atoms with E-state index in [0.717, 1.165) is 38.9 Å². The van der Waals surface area contributed by atoms with Crippen LogP contribution in [0.1, 0.15) is 41.3 Å². The van der Waals surface area contributed by atoms with Gasteiger partial charge in [-0.1, -0.05) is 78.9 Å². The molecular weight excluding hydrogens is 406 g/mol. The third-order valence-electron chi connectivity index (χ3n) is 7.34. The molecule has 1 fully saturated rings. The molecule has 2 aliphatic heterocycles. The van der Waals surface area contributed by atoms with Crippen molar-refractivity contribution in [1.29, 1.82) is 0 Å². The monoisotopic (exact) mass is 435 g/mol. The van der Waals surface area contributed by atoms with Crippen molar-refractivity contribution >= 4 is 16.8 Å². The van der Waals surface area contributed by atoms with Gasteiger partial charge in [-0.15, -0.1) is 0 Å². The fourth-order valence-corrected chi connectivity index (χ4v) is 5.76. The van der Waals surface area contributed by atoms with Crippen molar-refractivity contribution in [2.75, 3.05) is 6.54 Å². The van der Waals surface area contributed by atoms with Crippen LogP contribution in [0.3, 0.4) is 0 Å². The predicted octanol–water partition coefficient (Wildman–Crippen LogP) is 5.46. The van der Waals surface area contributed by atoms with E-state index in [1.165, 1.54) is 33.3 Å². The first-order valence-electron chi connectivity index (χ1n) is 12.0. The Labute approximate surface area is 194 Å². The Hall–Kier alpha value is -3.37. The van der Waals surface area contributed by atoms with Crippen LogP contribution >= 0.6 is 0 Å². The van der Waals surface area contributed by atoms with E-state index in [1.807, 2.05) is 12.1 Å². The van der Waals surface area contributed by atoms with Crippen LogP contribution in [0.5, 0.6) is 0 Å². The van der Waals surface area contributed by atoms with Crippen molar-refractivity contribution in [3.8, 4) is 0 Å². The molecule has 0 saturated carbocycles. The molecule has 2 aliphatic rings. The van der Waals surface area contributed by atoms with Crippen molar-refractivity contribution in [3.05, 3.63) is 107 Å². The molecule has 166 valence electrons. The molecular formula is C29H29N3O. The van der Waals surface area contributed by atoms with Crippen LogP contribution < -0.4 is 0 Å². The minimum absolute atomic E-state index is 0.0902. The van der Waals surface area contributed by atoms with Gasteiger partial charge in [0.2, 0.25) is 5.91 Å². The Morgan fingerprint density at radius 2 is 1.45 bits per heavy atom. The number of piperidine rings is 1. The molecule has 1 saturated heterocycles. The van der Waals surface area contributed by atoms with Crippen LogP contribution in [-0.2, 0) is 24.3 Å². The molecule has 4 nitrogen and oxygen atoms in total. The van der Waals surface area contributed by atoms with Crippen molar-refractivity contribution in [2.45, 2.75) is 44.4 Å². The van der Waals surface area contributed by atoms with Crippen LogP contribution in [0.4, 0.5) is 0 Å².